The molecule has 1 aromatic carbocycles. The van der Waals surface area contributed by atoms with Crippen molar-refractivity contribution in [1.29, 1.82) is 0 Å². The number of carbonyl (C=O) groups is 2. The Hall–Kier alpha value is -3.42. The molecule has 4 rings (SSSR count). The number of hydrogen-bond acceptors (Lipinski definition) is 6. The second-order valence-corrected chi connectivity index (χ2v) is 10.3. The molecule has 0 saturated carbocycles. The normalized spacial score (nSPS) is 16.1. The van der Waals surface area contributed by atoms with Crippen LogP contribution in [0.1, 0.15) is 44.6 Å². The maximum absolute atomic E-state index is 13.6. The fourth-order valence-corrected chi connectivity index (χ4v) is 5.09. The Morgan fingerprint density at radius 1 is 1.24 bits per heavy atom. The highest BCUT2D eigenvalue weighted by atomic mass is 35.5. The van der Waals surface area contributed by atoms with Crippen LogP contribution in [0, 0.1) is 0 Å². The monoisotopic (exact) mass is 567 g/mol. The van der Waals surface area contributed by atoms with Gasteiger partial charge in [-0.3, -0.25) is 19.4 Å². The zero-order valence-electron chi connectivity index (χ0n) is 20.3. The molecule has 1 aliphatic heterocycles. The molecular formula is C24H21ClF3N5O4S. The van der Waals surface area contributed by atoms with Crippen molar-refractivity contribution in [2.75, 3.05) is 13.3 Å². The molecule has 0 spiro atoms. The van der Waals surface area contributed by atoms with Gasteiger partial charge in [-0.2, -0.15) is 18.2 Å². The first-order valence-corrected chi connectivity index (χ1v) is 13.1. The van der Waals surface area contributed by atoms with Crippen LogP contribution in [0.2, 0.25) is 5.02 Å². The van der Waals surface area contributed by atoms with Gasteiger partial charge in [-0.1, -0.05) is 11.6 Å². The highest BCUT2D eigenvalue weighted by Crippen LogP contribution is 2.35. The summed E-state index contributed by atoms with van der Waals surface area (Å²) in [5.74, 6) is -1.18. The molecule has 1 unspecified atom stereocenters. The quantitative estimate of drug-likeness (QED) is 0.382. The van der Waals surface area contributed by atoms with E-state index < -0.39 is 51.4 Å². The molecule has 0 fully saturated rings. The molecule has 0 bridgehead atoms. The van der Waals surface area contributed by atoms with E-state index in [1.54, 1.807) is 6.92 Å². The molecule has 2 amide bonds. The number of benzene rings is 1. The molecule has 38 heavy (non-hydrogen) atoms. The summed E-state index contributed by atoms with van der Waals surface area (Å²) in [6.07, 6.45) is -2.04. The lowest BCUT2D eigenvalue weighted by Gasteiger charge is -2.34. The van der Waals surface area contributed by atoms with Crippen LogP contribution in [0.4, 0.5) is 13.2 Å². The fraction of sp³-hybridized carbons (Fsp3) is 0.292. The van der Waals surface area contributed by atoms with Gasteiger partial charge in [-0.15, -0.1) is 0 Å². The largest absolute Gasteiger partial charge is 0.609 e. The molecule has 3 aromatic rings. The van der Waals surface area contributed by atoms with Gasteiger partial charge in [0.2, 0.25) is 0 Å². The minimum atomic E-state index is -4.75. The van der Waals surface area contributed by atoms with E-state index in [0.717, 1.165) is 10.6 Å². The van der Waals surface area contributed by atoms with Crippen molar-refractivity contribution in [2.24, 2.45) is 0 Å². The van der Waals surface area contributed by atoms with E-state index in [4.69, 9.17) is 11.6 Å². The Morgan fingerprint density at radius 2 is 1.95 bits per heavy atom. The maximum Gasteiger partial charge on any atom is 0.417 e. The van der Waals surface area contributed by atoms with Crippen LogP contribution in [-0.4, -0.2) is 55.1 Å². The topological polar surface area (TPSA) is 120 Å². The van der Waals surface area contributed by atoms with Crippen molar-refractivity contribution in [3.05, 3.63) is 80.0 Å². The first-order chi connectivity index (χ1) is 17.8. The smallest absolute Gasteiger partial charge is 0.417 e. The third kappa shape index (κ3) is 5.13. The molecule has 3 heterocycles. The van der Waals surface area contributed by atoms with Gasteiger partial charge in [0.25, 0.3) is 17.4 Å². The van der Waals surface area contributed by atoms with Crippen molar-refractivity contribution in [3.63, 3.8) is 0 Å². The van der Waals surface area contributed by atoms with E-state index in [1.807, 2.05) is 0 Å². The number of carbonyl (C=O) groups excluding carboxylic acids is 2. The van der Waals surface area contributed by atoms with E-state index in [0.29, 0.717) is 6.07 Å². The molecule has 200 valence electrons. The third-order valence-electron chi connectivity index (χ3n) is 6.08. The number of pyridine rings is 1. The molecule has 14 heteroatoms. The second kappa shape index (κ2) is 10.4. The minimum Gasteiger partial charge on any atom is -0.609 e. The maximum atomic E-state index is 13.6. The zero-order chi connectivity index (χ0) is 27.9. The highest BCUT2D eigenvalue weighted by Gasteiger charge is 2.36. The molecule has 1 aliphatic rings. The number of hydrogen-bond donors (Lipinski definition) is 1. The zero-order valence-corrected chi connectivity index (χ0v) is 21.9. The van der Waals surface area contributed by atoms with Crippen molar-refractivity contribution in [1.82, 2.24) is 24.8 Å². The van der Waals surface area contributed by atoms with Gasteiger partial charge in [0.05, 0.1) is 28.5 Å². The van der Waals surface area contributed by atoms with E-state index >= 15 is 0 Å². The standard InChI is InChI=1S/C24H21ClF3N5O4S/c1-12-8-15-19(11-32(12)21(35)13-4-5-17(25)16(9-13)24(26,27)28)31-23(38(3)37)33(22(15)36)14-6-7-30-18(10-14)20(34)29-2/h4-7,9-10,12H,8,11H2,1-3H3,(H,29,34)/t12-,38?/m1/s1. The van der Waals surface area contributed by atoms with Gasteiger partial charge in [-0.25, -0.2) is 4.57 Å². The molecule has 2 atom stereocenters. The number of halogens is 4. The van der Waals surface area contributed by atoms with Crippen LogP contribution >= 0.6 is 11.6 Å². The van der Waals surface area contributed by atoms with Crippen LogP contribution in [0.3, 0.4) is 0 Å². The van der Waals surface area contributed by atoms with Gasteiger partial charge >= 0.3 is 11.3 Å². The lowest BCUT2D eigenvalue weighted by molar-refractivity contribution is -0.137. The summed E-state index contributed by atoms with van der Waals surface area (Å²) in [5.41, 5.74) is -1.16. The first-order valence-electron chi connectivity index (χ1n) is 11.2. The minimum absolute atomic E-state index is 0.0359. The van der Waals surface area contributed by atoms with E-state index in [-0.39, 0.29) is 46.3 Å². The van der Waals surface area contributed by atoms with Gasteiger partial charge in [-0.05, 0) is 43.7 Å². The van der Waals surface area contributed by atoms with Crippen molar-refractivity contribution >= 4 is 34.6 Å². The number of aromatic nitrogens is 3. The number of amides is 2. The molecular weight excluding hydrogens is 547 g/mol. The Bertz CT molecular complexity index is 1490. The average Bonchev–Trinajstić information content (AvgIpc) is 2.87. The summed E-state index contributed by atoms with van der Waals surface area (Å²) < 4.78 is 53.7. The van der Waals surface area contributed by atoms with Gasteiger partial charge in [0, 0.05) is 41.6 Å². The van der Waals surface area contributed by atoms with Crippen LogP contribution in [0.15, 0.2) is 46.5 Å². The number of rotatable bonds is 4. The van der Waals surface area contributed by atoms with Crippen LogP contribution in [0.5, 0.6) is 0 Å². The van der Waals surface area contributed by atoms with Crippen molar-refractivity contribution < 1.29 is 27.3 Å². The lowest BCUT2D eigenvalue weighted by atomic mass is 9.98. The van der Waals surface area contributed by atoms with Crippen molar-refractivity contribution in [2.45, 2.75) is 37.3 Å². The average molecular weight is 568 g/mol. The Balaban J connectivity index is 1.77. The predicted octanol–water partition coefficient (Wildman–Crippen LogP) is 2.98. The molecule has 0 radical (unpaired) electrons. The number of nitrogens with one attached hydrogen (secondary N) is 1. The number of fused-ring (bicyclic) bond motifs is 1. The van der Waals surface area contributed by atoms with Crippen LogP contribution in [-0.2, 0) is 30.3 Å². The Labute approximate surface area is 222 Å². The van der Waals surface area contributed by atoms with E-state index in [9.17, 15) is 32.1 Å². The van der Waals surface area contributed by atoms with Crippen molar-refractivity contribution in [3.8, 4) is 5.69 Å². The molecule has 9 nitrogen and oxygen atoms in total. The number of nitrogens with zero attached hydrogens (tertiary/aromatic N) is 4. The summed E-state index contributed by atoms with van der Waals surface area (Å²) in [6, 6.07) is 5.17. The van der Waals surface area contributed by atoms with Crippen LogP contribution < -0.4 is 10.9 Å². The summed E-state index contributed by atoms with van der Waals surface area (Å²) in [6.45, 7) is 1.48. The molecule has 2 aromatic heterocycles. The fourth-order valence-electron chi connectivity index (χ4n) is 4.18. The second-order valence-electron chi connectivity index (χ2n) is 8.57. The highest BCUT2D eigenvalue weighted by molar-refractivity contribution is 7.90. The number of alkyl halides is 3. The first kappa shape index (κ1) is 27.6. The summed E-state index contributed by atoms with van der Waals surface area (Å²) in [4.78, 5) is 48.6. The summed E-state index contributed by atoms with van der Waals surface area (Å²) in [7, 11) is 1.43. The lowest BCUT2D eigenvalue weighted by Crippen LogP contribution is -2.46. The molecule has 0 saturated heterocycles. The summed E-state index contributed by atoms with van der Waals surface area (Å²) >= 11 is 3.92. The van der Waals surface area contributed by atoms with Gasteiger partial charge in [0.15, 0.2) is 0 Å². The predicted molar refractivity (Wildman–Crippen MR) is 133 cm³/mol. The Kier molecular flexibility index (Phi) is 7.55. The SMILES string of the molecule is CNC(=O)c1cc(-n2c([S+](C)[O-])nc3c(c2=O)C[C@@H](C)N(C(=O)c2ccc(Cl)c(C(F)(F)F)c2)C3)ccn1. The van der Waals surface area contributed by atoms with E-state index in [2.05, 4.69) is 15.3 Å². The van der Waals surface area contributed by atoms with E-state index in [1.165, 1.54) is 42.6 Å². The summed E-state index contributed by atoms with van der Waals surface area (Å²) in [5, 5.41) is 1.80. The molecule has 0 aliphatic carbocycles. The molecule has 1 N–H and O–H groups in total. The van der Waals surface area contributed by atoms with Gasteiger partial charge < -0.3 is 14.8 Å². The van der Waals surface area contributed by atoms with Gasteiger partial charge in [0.1, 0.15) is 11.9 Å². The van der Waals surface area contributed by atoms with Crippen LogP contribution in [0.25, 0.3) is 5.69 Å². The Morgan fingerprint density at radius 3 is 2.58 bits per heavy atom. The third-order valence-corrected chi connectivity index (χ3v) is 7.20.